The molecule has 0 aliphatic rings. The molecule has 0 aromatic carbocycles. The summed E-state index contributed by atoms with van der Waals surface area (Å²) >= 11 is 0. The molecule has 0 spiro atoms. The predicted molar refractivity (Wildman–Crippen MR) is 84.3 cm³/mol. The van der Waals surface area contributed by atoms with Crippen molar-refractivity contribution in [2.45, 2.75) is 27.7 Å². The molecule has 21 heavy (non-hydrogen) atoms. The largest absolute Gasteiger partial charge is 0.481 e. The van der Waals surface area contributed by atoms with E-state index in [4.69, 9.17) is 5.11 Å². The number of hydrogen-bond donors (Lipinski definition) is 2. The van der Waals surface area contributed by atoms with Crippen LogP contribution in [0.2, 0.25) is 0 Å². The number of aliphatic carboxylic acids is 1. The van der Waals surface area contributed by atoms with Crippen LogP contribution in [0, 0.1) is 17.8 Å². The van der Waals surface area contributed by atoms with Crippen LogP contribution >= 0.6 is 0 Å². The van der Waals surface area contributed by atoms with Crippen LogP contribution in [0.5, 0.6) is 0 Å². The number of nitrogens with one attached hydrogen (secondary N) is 1. The maximum atomic E-state index is 12.2. The summed E-state index contributed by atoms with van der Waals surface area (Å²) in [6, 6.07) is -0.183. The fraction of sp³-hybridized carbons (Fsp3) is 0.867. The van der Waals surface area contributed by atoms with E-state index >= 15 is 0 Å². The quantitative estimate of drug-likeness (QED) is 0.678. The molecule has 2 N–H and O–H groups in total. The molecule has 1 atom stereocenters. The zero-order valence-electron chi connectivity index (χ0n) is 14.2. The first kappa shape index (κ1) is 19.7. The van der Waals surface area contributed by atoms with Crippen molar-refractivity contribution in [3.8, 4) is 0 Å². The SMILES string of the molecule is CC(C)CN(CCN(C)C)C(=O)NCC(C(=O)O)C(C)C. The Labute approximate surface area is 128 Å². The van der Waals surface area contributed by atoms with Crippen molar-refractivity contribution >= 4 is 12.0 Å². The molecule has 0 aliphatic carbocycles. The third kappa shape index (κ3) is 8.55. The zero-order valence-corrected chi connectivity index (χ0v) is 14.2. The highest BCUT2D eigenvalue weighted by molar-refractivity contribution is 5.76. The molecule has 0 aromatic heterocycles. The second kappa shape index (κ2) is 9.60. The van der Waals surface area contributed by atoms with Gasteiger partial charge in [-0.3, -0.25) is 4.79 Å². The van der Waals surface area contributed by atoms with E-state index in [0.29, 0.717) is 19.0 Å². The number of carboxylic acid groups (broad SMARTS) is 1. The standard InChI is InChI=1S/C15H31N3O3/c1-11(2)10-18(8-7-17(5)6)15(21)16-9-13(12(3)4)14(19)20/h11-13H,7-10H2,1-6H3,(H,16,21)(H,19,20). The number of carboxylic acids is 1. The van der Waals surface area contributed by atoms with Crippen molar-refractivity contribution in [2.75, 3.05) is 40.3 Å². The lowest BCUT2D eigenvalue weighted by atomic mass is 9.96. The maximum Gasteiger partial charge on any atom is 0.317 e. The van der Waals surface area contributed by atoms with E-state index in [9.17, 15) is 9.59 Å². The molecule has 0 saturated heterocycles. The van der Waals surface area contributed by atoms with Gasteiger partial charge in [0.05, 0.1) is 5.92 Å². The Morgan fingerprint density at radius 1 is 1.10 bits per heavy atom. The average molecular weight is 301 g/mol. The van der Waals surface area contributed by atoms with E-state index in [0.717, 1.165) is 6.54 Å². The number of hydrogen-bond acceptors (Lipinski definition) is 3. The molecule has 0 heterocycles. The van der Waals surface area contributed by atoms with Gasteiger partial charge in [0.15, 0.2) is 0 Å². The van der Waals surface area contributed by atoms with Crippen molar-refractivity contribution in [1.29, 1.82) is 0 Å². The van der Waals surface area contributed by atoms with Crippen molar-refractivity contribution in [2.24, 2.45) is 17.8 Å². The van der Waals surface area contributed by atoms with Crippen LogP contribution in [0.3, 0.4) is 0 Å². The lowest BCUT2D eigenvalue weighted by molar-refractivity contribution is -0.142. The van der Waals surface area contributed by atoms with Gasteiger partial charge in [0.25, 0.3) is 0 Å². The smallest absolute Gasteiger partial charge is 0.317 e. The molecular weight excluding hydrogens is 270 g/mol. The Kier molecular flexibility index (Phi) is 9.01. The molecule has 0 fully saturated rings. The second-order valence-electron chi connectivity index (χ2n) is 6.52. The first-order chi connectivity index (χ1) is 9.65. The van der Waals surface area contributed by atoms with Crippen LogP contribution in [-0.4, -0.2) is 67.2 Å². The molecule has 6 heteroatoms. The molecule has 6 nitrogen and oxygen atoms in total. The van der Waals surface area contributed by atoms with Crippen molar-refractivity contribution in [1.82, 2.24) is 15.1 Å². The number of urea groups is 1. The molecule has 0 aromatic rings. The lowest BCUT2D eigenvalue weighted by Crippen LogP contribution is -2.47. The number of likely N-dealkylation sites (N-methyl/N-ethyl adjacent to an activating group) is 1. The molecule has 2 amide bonds. The van der Waals surface area contributed by atoms with Gasteiger partial charge >= 0.3 is 12.0 Å². The fourth-order valence-corrected chi connectivity index (χ4v) is 1.95. The normalized spacial score (nSPS) is 12.8. The summed E-state index contributed by atoms with van der Waals surface area (Å²) in [5, 5.41) is 11.9. The first-order valence-corrected chi connectivity index (χ1v) is 7.55. The van der Waals surface area contributed by atoms with Gasteiger partial charge in [-0.05, 0) is 25.9 Å². The summed E-state index contributed by atoms with van der Waals surface area (Å²) in [6.07, 6.45) is 0. The van der Waals surface area contributed by atoms with E-state index in [1.165, 1.54) is 0 Å². The summed E-state index contributed by atoms with van der Waals surface area (Å²) in [5.74, 6) is -1.06. The number of nitrogens with zero attached hydrogens (tertiary/aromatic N) is 2. The number of carbonyl (C=O) groups excluding carboxylic acids is 1. The van der Waals surface area contributed by atoms with Gasteiger partial charge in [-0.25, -0.2) is 4.79 Å². The first-order valence-electron chi connectivity index (χ1n) is 7.55. The van der Waals surface area contributed by atoms with Gasteiger partial charge < -0.3 is 20.2 Å². The zero-order chi connectivity index (χ0) is 16.6. The minimum atomic E-state index is -0.867. The Balaban J connectivity index is 4.54. The van der Waals surface area contributed by atoms with Gasteiger partial charge in [-0.2, -0.15) is 0 Å². The molecule has 1 unspecified atom stereocenters. The monoisotopic (exact) mass is 301 g/mol. The summed E-state index contributed by atoms with van der Waals surface area (Å²) in [7, 11) is 3.93. The molecular formula is C15H31N3O3. The fourth-order valence-electron chi connectivity index (χ4n) is 1.95. The summed E-state index contributed by atoms with van der Waals surface area (Å²) in [5.41, 5.74) is 0. The van der Waals surface area contributed by atoms with E-state index in [1.54, 1.807) is 4.90 Å². The van der Waals surface area contributed by atoms with Crippen LogP contribution in [0.4, 0.5) is 4.79 Å². The highest BCUT2D eigenvalue weighted by Crippen LogP contribution is 2.10. The van der Waals surface area contributed by atoms with E-state index in [1.807, 2.05) is 32.8 Å². The van der Waals surface area contributed by atoms with Crippen LogP contribution in [0.15, 0.2) is 0 Å². The maximum absolute atomic E-state index is 12.2. The van der Waals surface area contributed by atoms with E-state index < -0.39 is 11.9 Å². The van der Waals surface area contributed by atoms with Crippen LogP contribution in [0.25, 0.3) is 0 Å². The van der Waals surface area contributed by atoms with Crippen LogP contribution in [0.1, 0.15) is 27.7 Å². The predicted octanol–water partition coefficient (Wildman–Crippen LogP) is 1.57. The Morgan fingerprint density at radius 2 is 1.67 bits per heavy atom. The minimum Gasteiger partial charge on any atom is -0.481 e. The average Bonchev–Trinajstić information content (AvgIpc) is 2.32. The topological polar surface area (TPSA) is 72.9 Å². The molecule has 0 saturated carbocycles. The Morgan fingerprint density at radius 3 is 2.05 bits per heavy atom. The number of rotatable bonds is 9. The molecule has 124 valence electrons. The third-order valence-electron chi connectivity index (χ3n) is 3.29. The van der Waals surface area contributed by atoms with E-state index in [2.05, 4.69) is 19.2 Å². The highest BCUT2D eigenvalue weighted by Gasteiger charge is 2.23. The molecule has 0 radical (unpaired) electrons. The van der Waals surface area contributed by atoms with Crippen LogP contribution < -0.4 is 5.32 Å². The molecule has 0 aliphatic heterocycles. The van der Waals surface area contributed by atoms with Crippen LogP contribution in [-0.2, 0) is 4.79 Å². The summed E-state index contributed by atoms with van der Waals surface area (Å²) in [6.45, 7) is 10.1. The highest BCUT2D eigenvalue weighted by atomic mass is 16.4. The minimum absolute atomic E-state index is 0.0110. The van der Waals surface area contributed by atoms with E-state index in [-0.39, 0.29) is 18.5 Å². The number of amides is 2. The second-order valence-corrected chi connectivity index (χ2v) is 6.52. The van der Waals surface area contributed by atoms with Crippen molar-refractivity contribution in [3.63, 3.8) is 0 Å². The third-order valence-corrected chi connectivity index (χ3v) is 3.29. The van der Waals surface area contributed by atoms with Gasteiger partial charge in [-0.15, -0.1) is 0 Å². The van der Waals surface area contributed by atoms with Gasteiger partial charge in [0, 0.05) is 26.2 Å². The summed E-state index contributed by atoms with van der Waals surface area (Å²) < 4.78 is 0. The Hall–Kier alpha value is -1.30. The van der Waals surface area contributed by atoms with Crippen molar-refractivity contribution in [3.05, 3.63) is 0 Å². The summed E-state index contributed by atoms with van der Waals surface area (Å²) in [4.78, 5) is 27.2. The van der Waals surface area contributed by atoms with Gasteiger partial charge in [0.1, 0.15) is 0 Å². The lowest BCUT2D eigenvalue weighted by Gasteiger charge is -2.27. The van der Waals surface area contributed by atoms with Gasteiger partial charge in [-0.1, -0.05) is 27.7 Å². The number of carbonyl (C=O) groups is 2. The van der Waals surface area contributed by atoms with Gasteiger partial charge in [0.2, 0.25) is 0 Å². The van der Waals surface area contributed by atoms with Crippen molar-refractivity contribution < 1.29 is 14.7 Å². The Bertz CT molecular complexity index is 330. The molecule has 0 rings (SSSR count). The molecule has 0 bridgehead atoms.